The number of hydrogen-bond donors (Lipinski definition) is 2. The second kappa shape index (κ2) is 10.4. The van der Waals surface area contributed by atoms with E-state index in [1.165, 1.54) is 0 Å². The molecule has 1 aromatic carbocycles. The summed E-state index contributed by atoms with van der Waals surface area (Å²) in [4.78, 5) is 11.1. The van der Waals surface area contributed by atoms with Crippen molar-refractivity contribution in [2.45, 2.75) is 38.6 Å². The number of carbonyl (C=O) groups is 1. The number of aliphatic hydroxyl groups excluding tert-OH is 1. The van der Waals surface area contributed by atoms with E-state index in [2.05, 4.69) is 5.32 Å². The topological polar surface area (TPSA) is 58.6 Å². The molecule has 1 aromatic rings. The molecule has 0 aliphatic carbocycles. The molecule has 0 bridgehead atoms. The van der Waals surface area contributed by atoms with Crippen molar-refractivity contribution in [3.8, 4) is 0 Å². The smallest absolute Gasteiger partial charge is 0.305 e. The van der Waals surface area contributed by atoms with Gasteiger partial charge in [0.2, 0.25) is 0 Å². The Bertz CT molecular complexity index is 367. The SMILES string of the molecule is CCOC(=O)CCCCCNC(CO)c1ccccc1. The molecule has 0 fully saturated rings. The summed E-state index contributed by atoms with van der Waals surface area (Å²) in [5.74, 6) is -0.113. The highest BCUT2D eigenvalue weighted by molar-refractivity contribution is 5.69. The Morgan fingerprint density at radius 1 is 1.25 bits per heavy atom. The van der Waals surface area contributed by atoms with Crippen LogP contribution in [0, 0.1) is 0 Å². The van der Waals surface area contributed by atoms with Gasteiger partial charge in [0.1, 0.15) is 0 Å². The Labute approximate surface area is 121 Å². The van der Waals surface area contributed by atoms with Gasteiger partial charge in [0.05, 0.1) is 19.3 Å². The number of aliphatic hydroxyl groups is 1. The summed E-state index contributed by atoms with van der Waals surface area (Å²) in [5.41, 5.74) is 1.10. The average Bonchev–Trinajstić information content (AvgIpc) is 2.48. The second-order valence-corrected chi connectivity index (χ2v) is 4.72. The molecule has 2 N–H and O–H groups in total. The van der Waals surface area contributed by atoms with Gasteiger partial charge in [-0.25, -0.2) is 0 Å². The van der Waals surface area contributed by atoms with Crippen LogP contribution in [-0.4, -0.2) is 30.8 Å². The van der Waals surface area contributed by atoms with Crippen molar-refractivity contribution < 1.29 is 14.6 Å². The number of unbranched alkanes of at least 4 members (excludes halogenated alkanes) is 2. The van der Waals surface area contributed by atoms with Crippen LogP contribution in [0.25, 0.3) is 0 Å². The van der Waals surface area contributed by atoms with Gasteiger partial charge in [-0.1, -0.05) is 36.8 Å². The van der Waals surface area contributed by atoms with Gasteiger partial charge >= 0.3 is 5.97 Å². The Balaban J connectivity index is 2.12. The summed E-state index contributed by atoms with van der Waals surface area (Å²) >= 11 is 0. The van der Waals surface area contributed by atoms with Crippen LogP contribution >= 0.6 is 0 Å². The first kappa shape index (κ1) is 16.7. The van der Waals surface area contributed by atoms with Crippen LogP contribution in [0.15, 0.2) is 30.3 Å². The number of esters is 1. The fourth-order valence-corrected chi connectivity index (χ4v) is 2.05. The molecule has 4 nitrogen and oxygen atoms in total. The highest BCUT2D eigenvalue weighted by Crippen LogP contribution is 2.11. The fraction of sp³-hybridized carbons (Fsp3) is 0.562. The van der Waals surface area contributed by atoms with Crippen LogP contribution in [-0.2, 0) is 9.53 Å². The van der Waals surface area contributed by atoms with Crippen LogP contribution in [0.5, 0.6) is 0 Å². The Morgan fingerprint density at radius 3 is 2.65 bits per heavy atom. The molecule has 1 rings (SSSR count). The van der Waals surface area contributed by atoms with Crippen LogP contribution < -0.4 is 5.32 Å². The minimum atomic E-state index is -0.113. The molecule has 0 saturated heterocycles. The lowest BCUT2D eigenvalue weighted by molar-refractivity contribution is -0.143. The van der Waals surface area contributed by atoms with Crippen molar-refractivity contribution in [2.75, 3.05) is 19.8 Å². The van der Waals surface area contributed by atoms with E-state index in [1.807, 2.05) is 37.3 Å². The first-order chi connectivity index (χ1) is 9.77. The van der Waals surface area contributed by atoms with E-state index in [-0.39, 0.29) is 18.6 Å². The third-order valence-electron chi connectivity index (χ3n) is 3.14. The number of carbonyl (C=O) groups excluding carboxylic acids is 1. The lowest BCUT2D eigenvalue weighted by Crippen LogP contribution is -2.25. The maximum Gasteiger partial charge on any atom is 0.305 e. The van der Waals surface area contributed by atoms with Crippen molar-refractivity contribution in [3.63, 3.8) is 0 Å². The van der Waals surface area contributed by atoms with E-state index in [4.69, 9.17) is 4.74 Å². The molecule has 4 heteroatoms. The Morgan fingerprint density at radius 2 is 2.00 bits per heavy atom. The summed E-state index contributed by atoms with van der Waals surface area (Å²) < 4.78 is 4.87. The molecule has 112 valence electrons. The molecule has 1 atom stereocenters. The van der Waals surface area contributed by atoms with Gasteiger partial charge < -0.3 is 15.2 Å². The van der Waals surface area contributed by atoms with Crippen LogP contribution in [0.4, 0.5) is 0 Å². The molecular weight excluding hydrogens is 254 g/mol. The largest absolute Gasteiger partial charge is 0.466 e. The Kier molecular flexibility index (Phi) is 8.67. The molecule has 0 radical (unpaired) electrons. The van der Waals surface area contributed by atoms with Crippen molar-refractivity contribution in [1.29, 1.82) is 0 Å². The quantitative estimate of drug-likeness (QED) is 0.510. The summed E-state index contributed by atoms with van der Waals surface area (Å²) in [5, 5.41) is 12.7. The lowest BCUT2D eigenvalue weighted by atomic mass is 10.1. The number of nitrogens with one attached hydrogen (secondary N) is 1. The fourth-order valence-electron chi connectivity index (χ4n) is 2.05. The number of rotatable bonds is 10. The standard InChI is InChI=1S/C16H25NO3/c1-2-20-16(19)11-7-4-8-12-17-15(13-18)14-9-5-3-6-10-14/h3,5-6,9-10,15,17-18H,2,4,7-8,11-13H2,1H3. The highest BCUT2D eigenvalue weighted by atomic mass is 16.5. The van der Waals surface area contributed by atoms with E-state index in [9.17, 15) is 9.90 Å². The molecule has 0 aliphatic heterocycles. The summed E-state index contributed by atoms with van der Waals surface area (Å²) in [6, 6.07) is 9.91. The molecular formula is C16H25NO3. The van der Waals surface area contributed by atoms with Crippen LogP contribution in [0.3, 0.4) is 0 Å². The third-order valence-corrected chi connectivity index (χ3v) is 3.14. The van der Waals surface area contributed by atoms with Crippen molar-refractivity contribution in [3.05, 3.63) is 35.9 Å². The molecule has 0 aromatic heterocycles. The molecule has 20 heavy (non-hydrogen) atoms. The van der Waals surface area contributed by atoms with E-state index < -0.39 is 0 Å². The lowest BCUT2D eigenvalue weighted by Gasteiger charge is -2.16. The van der Waals surface area contributed by atoms with Crippen molar-refractivity contribution in [1.82, 2.24) is 5.32 Å². The van der Waals surface area contributed by atoms with Gasteiger partial charge in [0, 0.05) is 6.42 Å². The van der Waals surface area contributed by atoms with Gasteiger partial charge in [-0.05, 0) is 31.9 Å². The van der Waals surface area contributed by atoms with E-state index in [0.717, 1.165) is 31.4 Å². The number of hydrogen-bond acceptors (Lipinski definition) is 4. The van der Waals surface area contributed by atoms with Gasteiger partial charge in [0.15, 0.2) is 0 Å². The maximum atomic E-state index is 11.1. The molecule has 0 heterocycles. The van der Waals surface area contributed by atoms with E-state index in [1.54, 1.807) is 0 Å². The predicted molar refractivity (Wildman–Crippen MR) is 79.4 cm³/mol. The monoisotopic (exact) mass is 279 g/mol. The van der Waals surface area contributed by atoms with Crippen molar-refractivity contribution >= 4 is 5.97 Å². The van der Waals surface area contributed by atoms with Gasteiger partial charge in [-0.2, -0.15) is 0 Å². The minimum absolute atomic E-state index is 0.0127. The zero-order valence-corrected chi connectivity index (χ0v) is 12.2. The minimum Gasteiger partial charge on any atom is -0.466 e. The number of benzene rings is 1. The predicted octanol–water partition coefficient (Wildman–Crippen LogP) is 2.43. The third kappa shape index (κ3) is 6.68. The van der Waals surface area contributed by atoms with Crippen LogP contribution in [0.1, 0.15) is 44.2 Å². The second-order valence-electron chi connectivity index (χ2n) is 4.72. The van der Waals surface area contributed by atoms with Gasteiger partial charge in [-0.3, -0.25) is 4.79 Å². The molecule has 1 unspecified atom stereocenters. The molecule has 0 aliphatic rings. The van der Waals surface area contributed by atoms with Gasteiger partial charge in [0.25, 0.3) is 0 Å². The Hall–Kier alpha value is -1.39. The number of ether oxygens (including phenoxy) is 1. The first-order valence-corrected chi connectivity index (χ1v) is 7.32. The molecule has 0 saturated carbocycles. The first-order valence-electron chi connectivity index (χ1n) is 7.32. The maximum absolute atomic E-state index is 11.1. The van der Waals surface area contributed by atoms with E-state index in [0.29, 0.717) is 13.0 Å². The normalized spacial score (nSPS) is 12.1. The average molecular weight is 279 g/mol. The molecule has 0 spiro atoms. The highest BCUT2D eigenvalue weighted by Gasteiger charge is 2.08. The van der Waals surface area contributed by atoms with E-state index >= 15 is 0 Å². The summed E-state index contributed by atoms with van der Waals surface area (Å²) in [7, 11) is 0. The van der Waals surface area contributed by atoms with Crippen molar-refractivity contribution in [2.24, 2.45) is 0 Å². The zero-order chi connectivity index (χ0) is 14.6. The molecule has 0 amide bonds. The summed E-state index contributed by atoms with van der Waals surface area (Å²) in [6.45, 7) is 3.20. The van der Waals surface area contributed by atoms with Gasteiger partial charge in [-0.15, -0.1) is 0 Å². The van der Waals surface area contributed by atoms with Crippen LogP contribution in [0.2, 0.25) is 0 Å². The zero-order valence-electron chi connectivity index (χ0n) is 12.2. The summed E-state index contributed by atoms with van der Waals surface area (Å²) in [6.07, 6.45) is 3.33.